The van der Waals surface area contributed by atoms with Crippen LogP contribution in [0.3, 0.4) is 0 Å². The molecule has 2 heterocycles. The van der Waals surface area contributed by atoms with Crippen LogP contribution in [0, 0.1) is 5.82 Å². The monoisotopic (exact) mass is 316 g/mol. The lowest BCUT2D eigenvalue weighted by atomic mass is 9.86. The van der Waals surface area contributed by atoms with Crippen molar-refractivity contribution >= 4 is 17.3 Å². The highest BCUT2D eigenvalue weighted by Gasteiger charge is 2.34. The van der Waals surface area contributed by atoms with Crippen molar-refractivity contribution in [1.82, 2.24) is 5.32 Å². The second-order valence-electron chi connectivity index (χ2n) is 6.08. The molecule has 2 aliphatic rings. The van der Waals surface area contributed by atoms with Crippen molar-refractivity contribution < 1.29 is 4.39 Å². The van der Waals surface area contributed by atoms with E-state index in [0.717, 1.165) is 31.5 Å². The average molecular weight is 317 g/mol. The molecule has 2 aliphatic heterocycles. The number of nitrogens with one attached hydrogen (secondary N) is 2. The van der Waals surface area contributed by atoms with Crippen LogP contribution in [0.1, 0.15) is 24.3 Å². The Morgan fingerprint density at radius 2 is 1.95 bits per heavy atom. The molecule has 2 aromatic rings. The van der Waals surface area contributed by atoms with Crippen molar-refractivity contribution in [3.63, 3.8) is 0 Å². The third-order valence-corrected chi connectivity index (χ3v) is 5.09. The lowest BCUT2D eigenvalue weighted by Crippen LogP contribution is -2.21. The molecule has 0 spiro atoms. The lowest BCUT2D eigenvalue weighted by Gasteiger charge is -2.18. The standard InChI is InChI=1S/C18H18ClFN2/c19-14-10-11(4-5-15(14)20)12-2-1-3-17-18(12)13-6-8-21-9-7-16(13)22-17/h1-5,10,13,16,21-22H,6-9H2/t13-,16+/m1/s1. The number of hydrogen-bond acceptors (Lipinski definition) is 2. The number of anilines is 1. The first-order valence-electron chi connectivity index (χ1n) is 7.79. The molecule has 1 saturated heterocycles. The van der Waals surface area contributed by atoms with Crippen LogP contribution in [0.15, 0.2) is 36.4 Å². The topological polar surface area (TPSA) is 24.1 Å². The van der Waals surface area contributed by atoms with Crippen molar-refractivity contribution in [2.45, 2.75) is 24.8 Å². The van der Waals surface area contributed by atoms with E-state index in [1.165, 1.54) is 22.9 Å². The molecule has 0 unspecified atom stereocenters. The molecule has 1 fully saturated rings. The van der Waals surface area contributed by atoms with Gasteiger partial charge in [-0.05, 0) is 60.8 Å². The maximum absolute atomic E-state index is 13.5. The van der Waals surface area contributed by atoms with Crippen molar-refractivity contribution in [2.75, 3.05) is 18.4 Å². The fourth-order valence-corrected chi connectivity index (χ4v) is 3.95. The second-order valence-corrected chi connectivity index (χ2v) is 6.49. The largest absolute Gasteiger partial charge is 0.381 e. The molecule has 22 heavy (non-hydrogen) atoms. The first kappa shape index (κ1) is 14.0. The third-order valence-electron chi connectivity index (χ3n) is 4.80. The van der Waals surface area contributed by atoms with Gasteiger partial charge in [0.2, 0.25) is 0 Å². The fraction of sp³-hybridized carbons (Fsp3) is 0.333. The van der Waals surface area contributed by atoms with Gasteiger partial charge in [0.05, 0.1) is 5.02 Å². The Kier molecular flexibility index (Phi) is 3.55. The highest BCUT2D eigenvalue weighted by Crippen LogP contribution is 2.45. The van der Waals surface area contributed by atoms with Crippen molar-refractivity contribution in [3.8, 4) is 11.1 Å². The number of halogens is 2. The number of rotatable bonds is 1. The van der Waals surface area contributed by atoms with Gasteiger partial charge in [-0.3, -0.25) is 0 Å². The summed E-state index contributed by atoms with van der Waals surface area (Å²) in [5.74, 6) is 0.137. The van der Waals surface area contributed by atoms with Crippen LogP contribution in [-0.2, 0) is 0 Å². The fourth-order valence-electron chi connectivity index (χ4n) is 3.77. The maximum Gasteiger partial charge on any atom is 0.141 e. The molecule has 2 aromatic carbocycles. The molecule has 4 heteroatoms. The van der Waals surface area contributed by atoms with Crippen molar-refractivity contribution in [2.24, 2.45) is 0 Å². The van der Waals surface area contributed by atoms with Crippen LogP contribution in [0.5, 0.6) is 0 Å². The molecule has 0 amide bonds. The Morgan fingerprint density at radius 3 is 2.82 bits per heavy atom. The smallest absolute Gasteiger partial charge is 0.141 e. The van der Waals surface area contributed by atoms with E-state index in [1.807, 2.05) is 6.07 Å². The summed E-state index contributed by atoms with van der Waals surface area (Å²) in [5.41, 5.74) is 4.73. The van der Waals surface area contributed by atoms with Crippen LogP contribution in [0.2, 0.25) is 5.02 Å². The molecular weight excluding hydrogens is 299 g/mol. The van der Waals surface area contributed by atoms with Crippen LogP contribution >= 0.6 is 11.6 Å². The molecule has 2 N–H and O–H groups in total. The predicted octanol–water partition coefficient (Wildman–Crippen LogP) is 4.41. The predicted molar refractivity (Wildman–Crippen MR) is 89.1 cm³/mol. The van der Waals surface area contributed by atoms with E-state index in [0.29, 0.717) is 12.0 Å². The van der Waals surface area contributed by atoms with E-state index in [2.05, 4.69) is 28.8 Å². The molecule has 0 radical (unpaired) electrons. The van der Waals surface area contributed by atoms with Crippen LogP contribution in [0.25, 0.3) is 11.1 Å². The Bertz CT molecular complexity index is 716. The maximum atomic E-state index is 13.5. The minimum Gasteiger partial charge on any atom is -0.381 e. The highest BCUT2D eigenvalue weighted by atomic mass is 35.5. The number of fused-ring (bicyclic) bond motifs is 3. The van der Waals surface area contributed by atoms with Gasteiger partial charge in [0, 0.05) is 17.6 Å². The first-order chi connectivity index (χ1) is 10.7. The zero-order valence-electron chi connectivity index (χ0n) is 12.2. The minimum absolute atomic E-state index is 0.181. The van der Waals surface area contributed by atoms with Gasteiger partial charge in [0.1, 0.15) is 5.82 Å². The molecule has 0 bridgehead atoms. The summed E-state index contributed by atoms with van der Waals surface area (Å²) in [4.78, 5) is 0. The molecule has 4 rings (SSSR count). The first-order valence-corrected chi connectivity index (χ1v) is 8.17. The van der Waals surface area contributed by atoms with Gasteiger partial charge < -0.3 is 10.6 Å². The van der Waals surface area contributed by atoms with Gasteiger partial charge >= 0.3 is 0 Å². The van der Waals surface area contributed by atoms with Crippen molar-refractivity contribution in [3.05, 3.63) is 52.8 Å². The SMILES string of the molecule is Fc1ccc(-c2cccc3c2[C@@H]2CCNCC[C@@H]2N3)cc1Cl. The number of benzene rings is 2. The normalized spacial score (nSPS) is 23.4. The Morgan fingerprint density at radius 1 is 1.09 bits per heavy atom. The zero-order valence-corrected chi connectivity index (χ0v) is 13.0. The molecule has 0 saturated carbocycles. The second kappa shape index (κ2) is 5.56. The minimum atomic E-state index is -0.368. The van der Waals surface area contributed by atoms with Crippen LogP contribution < -0.4 is 10.6 Å². The summed E-state index contributed by atoms with van der Waals surface area (Å²) in [5, 5.41) is 7.32. The Balaban J connectivity index is 1.82. The Hall–Kier alpha value is -1.58. The quantitative estimate of drug-likeness (QED) is 0.814. The highest BCUT2D eigenvalue weighted by molar-refractivity contribution is 6.31. The van der Waals surface area contributed by atoms with Crippen molar-refractivity contribution in [1.29, 1.82) is 0 Å². The van der Waals surface area contributed by atoms with E-state index in [-0.39, 0.29) is 10.8 Å². The van der Waals surface area contributed by atoms with Gasteiger partial charge in [-0.15, -0.1) is 0 Å². The average Bonchev–Trinajstić information content (AvgIpc) is 2.72. The summed E-state index contributed by atoms with van der Waals surface area (Å²) < 4.78 is 13.5. The molecule has 2 atom stereocenters. The Labute approximate surface area is 134 Å². The van der Waals surface area contributed by atoms with Gasteiger partial charge in [-0.25, -0.2) is 4.39 Å². The molecular formula is C18H18ClFN2. The molecule has 0 aromatic heterocycles. The van der Waals surface area contributed by atoms with E-state index in [9.17, 15) is 4.39 Å². The molecule has 2 nitrogen and oxygen atoms in total. The van der Waals surface area contributed by atoms with Crippen LogP contribution in [0.4, 0.5) is 10.1 Å². The summed E-state index contributed by atoms with van der Waals surface area (Å²) in [7, 11) is 0. The summed E-state index contributed by atoms with van der Waals surface area (Å²) in [6, 6.07) is 11.8. The molecule has 0 aliphatic carbocycles. The third kappa shape index (κ3) is 2.29. The zero-order chi connectivity index (χ0) is 15.1. The van der Waals surface area contributed by atoms with E-state index >= 15 is 0 Å². The van der Waals surface area contributed by atoms with Gasteiger partial charge in [0.25, 0.3) is 0 Å². The summed E-state index contributed by atoms with van der Waals surface area (Å²) in [6.45, 7) is 2.10. The van der Waals surface area contributed by atoms with E-state index in [4.69, 9.17) is 11.6 Å². The molecule has 114 valence electrons. The van der Waals surface area contributed by atoms with E-state index < -0.39 is 0 Å². The summed E-state index contributed by atoms with van der Waals surface area (Å²) in [6.07, 6.45) is 2.25. The van der Waals surface area contributed by atoms with Crippen LogP contribution in [-0.4, -0.2) is 19.1 Å². The van der Waals surface area contributed by atoms with Gasteiger partial charge in [-0.1, -0.05) is 29.8 Å². The lowest BCUT2D eigenvalue weighted by molar-refractivity contribution is 0.579. The summed E-state index contributed by atoms with van der Waals surface area (Å²) >= 11 is 5.98. The van der Waals surface area contributed by atoms with Gasteiger partial charge in [0.15, 0.2) is 0 Å². The van der Waals surface area contributed by atoms with E-state index in [1.54, 1.807) is 6.07 Å². The van der Waals surface area contributed by atoms with Gasteiger partial charge in [-0.2, -0.15) is 0 Å². The number of hydrogen-bond donors (Lipinski definition) is 2.